The highest BCUT2D eigenvalue weighted by Crippen LogP contribution is 2.12. The predicted molar refractivity (Wildman–Crippen MR) is 115 cm³/mol. The van der Waals surface area contributed by atoms with Crippen molar-refractivity contribution in [2.75, 3.05) is 13.1 Å². The van der Waals surface area contributed by atoms with E-state index in [1.807, 2.05) is 30.3 Å². The largest absolute Gasteiger partial charge is 0.370 e. The number of hydrogen-bond acceptors (Lipinski definition) is 7. The monoisotopic (exact) mass is 427 g/mol. The van der Waals surface area contributed by atoms with Crippen molar-refractivity contribution in [3.8, 4) is 0 Å². The second kappa shape index (κ2) is 11.8. The molecule has 31 heavy (non-hydrogen) atoms. The molecule has 0 saturated carbocycles. The summed E-state index contributed by atoms with van der Waals surface area (Å²) in [5, 5.41) is 11.8. The summed E-state index contributed by atoms with van der Waals surface area (Å²) in [4.78, 5) is 46.2. The molecule has 7 N–H and O–H groups in total. The molecule has 164 valence electrons. The number of H-pyrrole nitrogens is 1. The van der Waals surface area contributed by atoms with Gasteiger partial charge in [0.15, 0.2) is 11.7 Å². The lowest BCUT2D eigenvalue weighted by molar-refractivity contribution is -0.120. The van der Waals surface area contributed by atoms with Crippen molar-refractivity contribution in [3.63, 3.8) is 0 Å². The van der Waals surface area contributed by atoms with Gasteiger partial charge in [0.2, 0.25) is 11.7 Å². The number of hydrogen-bond donors (Lipinski definition) is 5. The first kappa shape index (κ1) is 23.2. The smallest absolute Gasteiger partial charge is 0.278 e. The van der Waals surface area contributed by atoms with Gasteiger partial charge in [-0.05, 0) is 25.3 Å². The minimum atomic E-state index is -0.749. The molecule has 0 bridgehead atoms. The molecule has 0 radical (unpaired) electrons. The van der Waals surface area contributed by atoms with Gasteiger partial charge in [0.05, 0.1) is 6.42 Å². The lowest BCUT2D eigenvalue weighted by Gasteiger charge is -2.07. The van der Waals surface area contributed by atoms with Crippen LogP contribution in [0, 0.1) is 6.92 Å². The molecular weight excluding hydrogens is 402 g/mol. The Hall–Kier alpha value is -4.09. The topological polar surface area (TPSA) is 193 Å². The third kappa shape index (κ3) is 7.68. The van der Waals surface area contributed by atoms with E-state index < -0.39 is 11.5 Å². The van der Waals surface area contributed by atoms with Crippen molar-refractivity contribution >= 4 is 23.6 Å². The van der Waals surface area contributed by atoms with E-state index in [0.717, 1.165) is 5.56 Å². The van der Waals surface area contributed by atoms with Gasteiger partial charge in [-0.25, -0.2) is 4.98 Å². The minimum absolute atomic E-state index is 0.0485. The maximum absolute atomic E-state index is 12.3. The van der Waals surface area contributed by atoms with Crippen molar-refractivity contribution < 1.29 is 9.59 Å². The highest BCUT2D eigenvalue weighted by molar-refractivity contribution is 6.06. The number of nitrogens with zero attached hydrogens (tertiary/aromatic N) is 4. The van der Waals surface area contributed by atoms with Crippen molar-refractivity contribution in [1.82, 2.24) is 20.6 Å². The van der Waals surface area contributed by atoms with Crippen LogP contribution >= 0.6 is 0 Å². The molecule has 1 aromatic carbocycles. The van der Waals surface area contributed by atoms with Gasteiger partial charge in [-0.3, -0.25) is 24.7 Å². The van der Waals surface area contributed by atoms with Crippen LogP contribution in [0.3, 0.4) is 0 Å². The van der Waals surface area contributed by atoms with Crippen LogP contribution in [0.4, 0.5) is 5.82 Å². The third-order valence-electron chi connectivity index (χ3n) is 4.08. The number of aromatic nitrogens is 2. The zero-order valence-corrected chi connectivity index (χ0v) is 17.1. The highest BCUT2D eigenvalue weighted by Gasteiger charge is 2.16. The van der Waals surface area contributed by atoms with Gasteiger partial charge in [0, 0.05) is 13.1 Å². The number of unbranched alkanes of at least 4 members (excludes halogenated alkanes) is 1. The van der Waals surface area contributed by atoms with Gasteiger partial charge >= 0.3 is 0 Å². The van der Waals surface area contributed by atoms with Crippen LogP contribution in [0.2, 0.25) is 0 Å². The van der Waals surface area contributed by atoms with Gasteiger partial charge in [-0.15, -0.1) is 5.11 Å². The summed E-state index contributed by atoms with van der Waals surface area (Å²) >= 11 is 0. The van der Waals surface area contributed by atoms with E-state index in [2.05, 4.69) is 35.9 Å². The molecule has 12 heteroatoms. The van der Waals surface area contributed by atoms with Crippen LogP contribution in [-0.4, -0.2) is 40.8 Å². The van der Waals surface area contributed by atoms with Gasteiger partial charge in [-0.1, -0.05) is 35.6 Å². The van der Waals surface area contributed by atoms with Crippen LogP contribution in [0.25, 0.3) is 0 Å². The Bertz CT molecular complexity index is 1020. The van der Waals surface area contributed by atoms with E-state index in [4.69, 9.17) is 11.6 Å². The number of aryl methyl sites for hydroxylation is 1. The number of carbonyl (C=O) groups is 2. The number of nitrogens with one attached hydrogen (secondary N) is 3. The predicted octanol–water partition coefficient (Wildman–Crippen LogP) is 0.219. The van der Waals surface area contributed by atoms with Crippen molar-refractivity contribution in [1.29, 1.82) is 0 Å². The molecule has 2 rings (SSSR count). The average Bonchev–Trinajstić information content (AvgIpc) is 2.73. The number of benzene rings is 1. The van der Waals surface area contributed by atoms with E-state index in [0.29, 0.717) is 32.4 Å². The standard InChI is InChI=1S/C19H25N9O3/c1-12-17(30)25-15(16(24-12)27-28-21)18(31)26-19(20)23-10-6-5-9-22-14(29)11-13-7-3-2-4-8-13/h2-4,7-8H,5-6,9-11H2,1H3,(H,22,29)(H,25,30)(H2,21,24,27)(H3,20,23,26,31). The molecule has 0 aliphatic rings. The Labute approximate surface area is 178 Å². The maximum atomic E-state index is 12.3. The number of amides is 2. The van der Waals surface area contributed by atoms with Crippen LogP contribution in [-0.2, 0) is 11.2 Å². The Morgan fingerprint density at radius 1 is 1.19 bits per heavy atom. The zero-order valence-electron chi connectivity index (χ0n) is 17.1. The number of aliphatic imine (C=N–C) groups is 1. The highest BCUT2D eigenvalue weighted by atomic mass is 16.2. The summed E-state index contributed by atoms with van der Waals surface area (Å²) < 4.78 is 0. The van der Waals surface area contributed by atoms with Crippen LogP contribution in [0.5, 0.6) is 0 Å². The molecule has 0 aliphatic carbocycles. The number of rotatable bonds is 9. The Kier molecular flexibility index (Phi) is 8.83. The van der Waals surface area contributed by atoms with Crippen LogP contribution in [0.15, 0.2) is 50.5 Å². The summed E-state index contributed by atoms with van der Waals surface area (Å²) in [6.45, 7) is 2.31. The van der Waals surface area contributed by atoms with E-state index >= 15 is 0 Å². The fourth-order valence-corrected chi connectivity index (χ4v) is 2.54. The van der Waals surface area contributed by atoms with Gasteiger partial charge in [0.25, 0.3) is 11.5 Å². The normalized spacial score (nSPS) is 11.5. The molecule has 12 nitrogen and oxygen atoms in total. The molecular formula is C19H25N9O3. The Balaban J connectivity index is 1.75. The number of carbonyl (C=O) groups excluding carboxylic acids is 2. The second-order valence-electron chi connectivity index (χ2n) is 6.51. The number of guanidine groups is 1. The molecule has 0 spiro atoms. The quantitative estimate of drug-likeness (QED) is 0.0948. The van der Waals surface area contributed by atoms with E-state index in [9.17, 15) is 14.4 Å². The van der Waals surface area contributed by atoms with Gasteiger partial charge < -0.3 is 21.9 Å². The maximum Gasteiger partial charge on any atom is 0.278 e. The Morgan fingerprint density at radius 2 is 1.94 bits per heavy atom. The molecule has 2 aromatic rings. The summed E-state index contributed by atoms with van der Waals surface area (Å²) in [5.74, 6) is 3.93. The zero-order chi connectivity index (χ0) is 22.6. The molecule has 0 aliphatic heterocycles. The molecule has 2 amide bonds. The van der Waals surface area contributed by atoms with Crippen molar-refractivity contribution in [2.24, 2.45) is 26.9 Å². The fraction of sp³-hybridized carbons (Fsp3) is 0.316. The summed E-state index contributed by atoms with van der Waals surface area (Å²) in [7, 11) is 0. The van der Waals surface area contributed by atoms with E-state index in [1.54, 1.807) is 0 Å². The van der Waals surface area contributed by atoms with E-state index in [1.165, 1.54) is 6.92 Å². The lowest BCUT2D eigenvalue weighted by atomic mass is 10.1. The second-order valence-corrected chi connectivity index (χ2v) is 6.51. The summed E-state index contributed by atoms with van der Waals surface area (Å²) in [5.41, 5.74) is 5.99. The SMILES string of the molecule is Cc1nc(N=NN)c(C(=O)NC(N)=NCCCCNC(=O)Cc2ccccc2)[nH]c1=O. The van der Waals surface area contributed by atoms with Crippen molar-refractivity contribution in [3.05, 3.63) is 57.6 Å². The molecule has 1 heterocycles. The number of nitrogens with two attached hydrogens (primary N) is 2. The minimum Gasteiger partial charge on any atom is -0.370 e. The molecule has 0 atom stereocenters. The number of aromatic amines is 1. The molecule has 0 unspecified atom stereocenters. The molecule has 0 fully saturated rings. The molecule has 1 aromatic heterocycles. The molecule has 0 saturated heterocycles. The van der Waals surface area contributed by atoms with Crippen LogP contribution in [0.1, 0.15) is 34.6 Å². The van der Waals surface area contributed by atoms with Gasteiger partial charge in [0.1, 0.15) is 5.69 Å². The summed E-state index contributed by atoms with van der Waals surface area (Å²) in [6, 6.07) is 9.47. The van der Waals surface area contributed by atoms with Crippen molar-refractivity contribution in [2.45, 2.75) is 26.2 Å². The first-order chi connectivity index (χ1) is 14.9. The summed E-state index contributed by atoms with van der Waals surface area (Å²) in [6.07, 6.45) is 1.68. The van der Waals surface area contributed by atoms with E-state index in [-0.39, 0.29) is 29.1 Å². The first-order valence-electron chi connectivity index (χ1n) is 9.54. The first-order valence-corrected chi connectivity index (χ1v) is 9.54. The van der Waals surface area contributed by atoms with Gasteiger partial charge in [-0.2, -0.15) is 0 Å². The average molecular weight is 427 g/mol. The lowest BCUT2D eigenvalue weighted by Crippen LogP contribution is -2.38. The van der Waals surface area contributed by atoms with Crippen LogP contribution < -0.4 is 27.8 Å². The third-order valence-corrected chi connectivity index (χ3v) is 4.08. The Morgan fingerprint density at radius 3 is 2.65 bits per heavy atom. The fourth-order valence-electron chi connectivity index (χ4n) is 2.54.